The fraction of sp³-hybridized carbons (Fsp3) is 0.600. The summed E-state index contributed by atoms with van der Waals surface area (Å²) in [6.45, 7) is 4.78. The van der Waals surface area contributed by atoms with Gasteiger partial charge in [-0.15, -0.1) is 10.2 Å². The summed E-state index contributed by atoms with van der Waals surface area (Å²) in [7, 11) is 3.34. The van der Waals surface area contributed by atoms with Crippen molar-refractivity contribution in [1.82, 2.24) is 15.1 Å². The van der Waals surface area contributed by atoms with Gasteiger partial charge in [0, 0.05) is 24.7 Å². The van der Waals surface area contributed by atoms with E-state index in [1.165, 1.54) is 58.0 Å². The summed E-state index contributed by atoms with van der Waals surface area (Å²) in [6.07, 6.45) is 9.59. The summed E-state index contributed by atoms with van der Waals surface area (Å²) in [5.41, 5.74) is 2.26. The van der Waals surface area contributed by atoms with Crippen molar-refractivity contribution in [1.29, 1.82) is 0 Å². The highest BCUT2D eigenvalue weighted by Gasteiger charge is 2.39. The topological polar surface area (TPSA) is 50.7 Å². The highest BCUT2D eigenvalue weighted by Crippen LogP contribution is 2.43. The second-order valence-electron chi connectivity index (χ2n) is 9.45. The monoisotopic (exact) mass is 422 g/mol. The van der Waals surface area contributed by atoms with E-state index in [0.29, 0.717) is 5.41 Å². The van der Waals surface area contributed by atoms with Crippen LogP contribution in [0.25, 0.3) is 11.3 Å². The van der Waals surface area contributed by atoms with Crippen LogP contribution in [-0.2, 0) is 0 Å². The van der Waals surface area contributed by atoms with Crippen LogP contribution in [0, 0.1) is 5.41 Å². The van der Waals surface area contributed by atoms with Gasteiger partial charge in [0.1, 0.15) is 11.5 Å². The van der Waals surface area contributed by atoms with Crippen LogP contribution in [0.4, 0.5) is 5.82 Å². The molecule has 0 amide bonds. The molecule has 6 heteroatoms. The first-order valence-corrected chi connectivity index (χ1v) is 11.7. The van der Waals surface area contributed by atoms with Crippen LogP contribution >= 0.6 is 0 Å². The summed E-state index contributed by atoms with van der Waals surface area (Å²) in [5, 5.41) is 9.09. The van der Waals surface area contributed by atoms with Gasteiger partial charge in [-0.3, -0.25) is 0 Å². The summed E-state index contributed by atoms with van der Waals surface area (Å²) in [5.74, 6) is 2.54. The number of rotatable bonds is 5. The molecule has 0 bridgehead atoms. The Kier molecular flexibility index (Phi) is 5.74. The molecule has 2 aliphatic heterocycles. The first-order chi connectivity index (χ1) is 15.2. The van der Waals surface area contributed by atoms with Gasteiger partial charge in [0.2, 0.25) is 0 Å². The first-order valence-electron chi connectivity index (χ1n) is 11.7. The molecule has 3 heterocycles. The van der Waals surface area contributed by atoms with Crippen LogP contribution in [0.3, 0.4) is 0 Å². The summed E-state index contributed by atoms with van der Waals surface area (Å²) < 4.78 is 10.9. The Labute approximate surface area is 185 Å². The number of hydrogen-bond donors (Lipinski definition) is 0. The van der Waals surface area contributed by atoms with Gasteiger partial charge in [-0.2, -0.15) is 0 Å². The highest BCUT2D eigenvalue weighted by molar-refractivity contribution is 5.69. The molecule has 166 valence electrons. The van der Waals surface area contributed by atoms with E-state index in [-0.39, 0.29) is 0 Å². The van der Waals surface area contributed by atoms with Gasteiger partial charge in [-0.05, 0) is 87.4 Å². The van der Waals surface area contributed by atoms with Crippen LogP contribution in [0.2, 0.25) is 0 Å². The Morgan fingerprint density at radius 1 is 0.871 bits per heavy atom. The Bertz CT molecular complexity index is 879. The maximum atomic E-state index is 5.51. The normalized spacial score (nSPS) is 21.7. The second-order valence-corrected chi connectivity index (χ2v) is 9.45. The predicted octanol–water partition coefficient (Wildman–Crippen LogP) is 4.40. The molecular formula is C25H34N4O2. The molecule has 1 aromatic heterocycles. The van der Waals surface area contributed by atoms with Crippen molar-refractivity contribution >= 4 is 5.82 Å². The maximum absolute atomic E-state index is 5.51. The van der Waals surface area contributed by atoms with Gasteiger partial charge >= 0.3 is 0 Å². The van der Waals surface area contributed by atoms with E-state index in [1.54, 1.807) is 14.2 Å². The van der Waals surface area contributed by atoms with E-state index in [1.807, 2.05) is 24.3 Å². The molecule has 1 spiro atoms. The number of anilines is 1. The molecule has 1 aromatic carbocycles. The number of ether oxygens (including phenoxy) is 2. The van der Waals surface area contributed by atoms with Gasteiger partial charge in [-0.1, -0.05) is 6.42 Å². The van der Waals surface area contributed by atoms with Crippen LogP contribution in [0.5, 0.6) is 11.5 Å². The van der Waals surface area contributed by atoms with Gasteiger partial charge in [0.25, 0.3) is 0 Å². The molecule has 1 saturated carbocycles. The van der Waals surface area contributed by atoms with Crippen molar-refractivity contribution in [3.8, 4) is 22.8 Å². The maximum Gasteiger partial charge on any atom is 0.151 e. The lowest BCUT2D eigenvalue weighted by atomic mass is 9.70. The van der Waals surface area contributed by atoms with E-state index < -0.39 is 0 Å². The van der Waals surface area contributed by atoms with E-state index in [9.17, 15) is 0 Å². The summed E-state index contributed by atoms with van der Waals surface area (Å²) >= 11 is 0. The number of hydrogen-bond acceptors (Lipinski definition) is 6. The van der Waals surface area contributed by atoms with Crippen LogP contribution in [0.15, 0.2) is 30.3 Å². The van der Waals surface area contributed by atoms with Gasteiger partial charge in [0.05, 0.1) is 19.9 Å². The lowest BCUT2D eigenvalue weighted by molar-refractivity contribution is 0.0305. The van der Waals surface area contributed by atoms with Crippen molar-refractivity contribution in [3.05, 3.63) is 30.3 Å². The number of aromatic nitrogens is 2. The van der Waals surface area contributed by atoms with E-state index in [0.717, 1.165) is 47.7 Å². The Balaban J connectivity index is 1.22. The minimum absolute atomic E-state index is 0.554. The molecule has 3 aliphatic rings. The number of nitrogens with zero attached hydrogens (tertiary/aromatic N) is 4. The highest BCUT2D eigenvalue weighted by atomic mass is 16.5. The number of likely N-dealkylation sites (tertiary alicyclic amines) is 1. The molecule has 3 fully saturated rings. The number of methoxy groups -OCH3 is 2. The van der Waals surface area contributed by atoms with Crippen LogP contribution in [-0.4, -0.2) is 61.5 Å². The molecule has 0 atom stereocenters. The predicted molar refractivity (Wildman–Crippen MR) is 123 cm³/mol. The molecule has 0 radical (unpaired) electrons. The number of piperidine rings is 2. The fourth-order valence-electron chi connectivity index (χ4n) is 5.48. The van der Waals surface area contributed by atoms with E-state index in [2.05, 4.69) is 26.1 Å². The molecule has 6 nitrogen and oxygen atoms in total. The fourth-order valence-corrected chi connectivity index (χ4v) is 5.48. The van der Waals surface area contributed by atoms with Gasteiger partial charge < -0.3 is 19.3 Å². The Hall–Kier alpha value is -2.34. The van der Waals surface area contributed by atoms with Gasteiger partial charge in [0.15, 0.2) is 5.82 Å². The van der Waals surface area contributed by atoms with Gasteiger partial charge in [-0.25, -0.2) is 0 Å². The molecule has 5 rings (SSSR count). The third-order valence-electron chi connectivity index (χ3n) is 7.93. The molecule has 0 unspecified atom stereocenters. The molecule has 2 saturated heterocycles. The van der Waals surface area contributed by atoms with Crippen molar-refractivity contribution in [2.24, 2.45) is 5.41 Å². The van der Waals surface area contributed by atoms with Crippen molar-refractivity contribution < 1.29 is 9.47 Å². The average Bonchev–Trinajstić information content (AvgIpc) is 2.80. The van der Waals surface area contributed by atoms with E-state index in [4.69, 9.17) is 9.47 Å². The minimum Gasteiger partial charge on any atom is -0.497 e. The zero-order valence-corrected chi connectivity index (χ0v) is 18.8. The lowest BCUT2D eigenvalue weighted by Crippen LogP contribution is -2.51. The molecule has 31 heavy (non-hydrogen) atoms. The zero-order valence-electron chi connectivity index (χ0n) is 18.8. The number of benzene rings is 1. The molecule has 1 aliphatic carbocycles. The summed E-state index contributed by atoms with van der Waals surface area (Å²) in [4.78, 5) is 5.17. The Morgan fingerprint density at radius 3 is 2.19 bits per heavy atom. The largest absolute Gasteiger partial charge is 0.497 e. The first kappa shape index (κ1) is 20.6. The lowest BCUT2D eigenvalue weighted by Gasteiger charge is -2.50. The SMILES string of the molecule is COc1ccc(OC)c(-c2ccc(N3CCC4(CC3)CCN(C3CCC3)CC4)nn2)c1. The molecule has 0 N–H and O–H groups in total. The molecule has 2 aromatic rings. The zero-order chi connectivity index (χ0) is 21.3. The standard InChI is InChI=1S/C25H34N4O2/c1-30-20-6-8-23(31-2)21(18-20)22-7-9-24(27-26-22)29-16-12-25(13-17-29)10-14-28(15-11-25)19-4-3-5-19/h6-9,18-19H,3-5,10-17H2,1-2H3. The third kappa shape index (κ3) is 4.10. The quantitative estimate of drug-likeness (QED) is 0.712. The van der Waals surface area contributed by atoms with E-state index >= 15 is 0 Å². The average molecular weight is 423 g/mol. The van der Waals surface area contributed by atoms with Crippen LogP contribution in [0.1, 0.15) is 44.9 Å². The third-order valence-corrected chi connectivity index (χ3v) is 7.93. The smallest absolute Gasteiger partial charge is 0.151 e. The van der Waals surface area contributed by atoms with Crippen molar-refractivity contribution in [3.63, 3.8) is 0 Å². The second kappa shape index (κ2) is 8.65. The molecular weight excluding hydrogens is 388 g/mol. The van der Waals surface area contributed by atoms with Crippen molar-refractivity contribution in [2.45, 2.75) is 51.0 Å². The minimum atomic E-state index is 0.554. The summed E-state index contributed by atoms with van der Waals surface area (Å²) in [6, 6.07) is 10.8. The van der Waals surface area contributed by atoms with Crippen molar-refractivity contribution in [2.75, 3.05) is 45.3 Å². The Morgan fingerprint density at radius 2 is 1.61 bits per heavy atom. The van der Waals surface area contributed by atoms with Crippen LogP contribution < -0.4 is 14.4 Å².